The molecule has 0 bridgehead atoms. The van der Waals surface area contributed by atoms with E-state index in [0.29, 0.717) is 22.1 Å². The zero-order valence-electron chi connectivity index (χ0n) is 11.6. The van der Waals surface area contributed by atoms with Crippen LogP contribution in [-0.4, -0.2) is 20.5 Å². The van der Waals surface area contributed by atoms with Gasteiger partial charge in [-0.25, -0.2) is 0 Å². The van der Waals surface area contributed by atoms with Gasteiger partial charge in [0.15, 0.2) is 0 Å². The van der Waals surface area contributed by atoms with Crippen molar-refractivity contribution in [2.45, 2.75) is 6.92 Å². The first-order valence-corrected chi connectivity index (χ1v) is 6.46. The molecule has 0 aliphatic heterocycles. The van der Waals surface area contributed by atoms with Gasteiger partial charge in [-0.2, -0.15) is 0 Å². The van der Waals surface area contributed by atoms with Crippen LogP contribution in [0.1, 0.15) is 15.9 Å². The lowest BCUT2D eigenvalue weighted by Crippen LogP contribution is -1.95. The Bertz CT molecular complexity index is 650. The summed E-state index contributed by atoms with van der Waals surface area (Å²) in [6.45, 7) is 1.97. The molecule has 0 radical (unpaired) electrons. The predicted octanol–water partition coefficient (Wildman–Crippen LogP) is 4.15. The Labute approximate surface area is 123 Å². The van der Waals surface area contributed by atoms with Crippen molar-refractivity contribution in [3.8, 4) is 22.6 Å². The molecule has 0 spiro atoms. The minimum absolute atomic E-state index is 0.420. The maximum absolute atomic E-state index is 10.9. The first-order valence-electron chi connectivity index (χ1n) is 6.09. The minimum atomic E-state index is 0.420. The van der Waals surface area contributed by atoms with Crippen molar-refractivity contribution in [3.63, 3.8) is 0 Å². The monoisotopic (exact) mass is 290 g/mol. The number of aryl methyl sites for hydroxylation is 1. The van der Waals surface area contributed by atoms with Crippen molar-refractivity contribution < 1.29 is 14.3 Å². The van der Waals surface area contributed by atoms with Gasteiger partial charge < -0.3 is 9.47 Å². The van der Waals surface area contributed by atoms with Crippen LogP contribution in [-0.2, 0) is 0 Å². The summed E-state index contributed by atoms with van der Waals surface area (Å²) in [5.74, 6) is 1.09. The SMILES string of the molecule is COc1ccc(-c2cc(C=O)ccc2C)c(OC)c1Cl. The number of carbonyl (C=O) groups excluding carboxylic acids is 1. The van der Waals surface area contributed by atoms with Crippen molar-refractivity contribution in [3.05, 3.63) is 46.5 Å². The van der Waals surface area contributed by atoms with Gasteiger partial charge in [-0.1, -0.05) is 23.7 Å². The van der Waals surface area contributed by atoms with E-state index in [1.54, 1.807) is 26.4 Å². The molecule has 20 heavy (non-hydrogen) atoms. The molecule has 0 saturated heterocycles. The third-order valence-electron chi connectivity index (χ3n) is 3.17. The molecule has 0 aliphatic carbocycles. The molecule has 0 aliphatic rings. The molecule has 0 saturated carbocycles. The van der Waals surface area contributed by atoms with E-state index in [4.69, 9.17) is 21.1 Å². The van der Waals surface area contributed by atoms with Gasteiger partial charge in [-0.05, 0) is 36.2 Å². The minimum Gasteiger partial charge on any atom is -0.495 e. The topological polar surface area (TPSA) is 35.5 Å². The van der Waals surface area contributed by atoms with Crippen molar-refractivity contribution in [2.24, 2.45) is 0 Å². The van der Waals surface area contributed by atoms with E-state index in [9.17, 15) is 4.79 Å². The van der Waals surface area contributed by atoms with Gasteiger partial charge in [0.05, 0.1) is 14.2 Å². The molecule has 0 aromatic heterocycles. The van der Waals surface area contributed by atoms with Gasteiger partial charge in [0.25, 0.3) is 0 Å². The van der Waals surface area contributed by atoms with Crippen LogP contribution in [0, 0.1) is 6.92 Å². The lowest BCUT2D eigenvalue weighted by molar-refractivity contribution is 0.112. The highest BCUT2D eigenvalue weighted by Crippen LogP contribution is 2.42. The second-order valence-corrected chi connectivity index (χ2v) is 4.73. The number of rotatable bonds is 4. The summed E-state index contributed by atoms with van der Waals surface area (Å²) in [6.07, 6.45) is 0.820. The van der Waals surface area contributed by atoms with E-state index in [1.807, 2.05) is 25.1 Å². The van der Waals surface area contributed by atoms with E-state index in [1.165, 1.54) is 0 Å². The van der Waals surface area contributed by atoms with E-state index in [-0.39, 0.29) is 0 Å². The quantitative estimate of drug-likeness (QED) is 0.794. The molecule has 0 heterocycles. The van der Waals surface area contributed by atoms with Crippen LogP contribution in [0.4, 0.5) is 0 Å². The fourth-order valence-corrected chi connectivity index (χ4v) is 2.43. The molecule has 104 valence electrons. The number of halogens is 1. The summed E-state index contributed by atoms with van der Waals surface area (Å²) in [5, 5.41) is 0.420. The smallest absolute Gasteiger partial charge is 0.150 e. The van der Waals surface area contributed by atoms with Crippen LogP contribution < -0.4 is 9.47 Å². The van der Waals surface area contributed by atoms with Crippen LogP contribution in [0.15, 0.2) is 30.3 Å². The van der Waals surface area contributed by atoms with Crippen LogP contribution >= 0.6 is 11.6 Å². The number of aldehydes is 1. The Morgan fingerprint density at radius 1 is 1.05 bits per heavy atom. The Balaban J connectivity index is 2.69. The molecular formula is C16H15ClO3. The van der Waals surface area contributed by atoms with Gasteiger partial charge in [-0.15, -0.1) is 0 Å². The van der Waals surface area contributed by atoms with Crippen LogP contribution in [0.25, 0.3) is 11.1 Å². The van der Waals surface area contributed by atoms with Crippen molar-refractivity contribution >= 4 is 17.9 Å². The molecule has 3 nitrogen and oxygen atoms in total. The molecule has 0 N–H and O–H groups in total. The van der Waals surface area contributed by atoms with Gasteiger partial charge in [-0.3, -0.25) is 4.79 Å². The van der Waals surface area contributed by atoms with Gasteiger partial charge >= 0.3 is 0 Å². The Morgan fingerprint density at radius 3 is 2.40 bits per heavy atom. The molecule has 2 rings (SSSR count). The standard InChI is InChI=1S/C16H15ClO3/c1-10-4-5-11(9-18)8-13(10)12-6-7-14(19-2)15(17)16(12)20-3/h4-9H,1-3H3. The van der Waals surface area contributed by atoms with Crippen LogP contribution in [0.3, 0.4) is 0 Å². The van der Waals surface area contributed by atoms with Crippen molar-refractivity contribution in [1.29, 1.82) is 0 Å². The van der Waals surface area contributed by atoms with Crippen LogP contribution in [0.2, 0.25) is 5.02 Å². The molecule has 4 heteroatoms. The fourth-order valence-electron chi connectivity index (χ4n) is 2.11. The summed E-state index contributed by atoms with van der Waals surface area (Å²) in [6, 6.07) is 9.16. The zero-order chi connectivity index (χ0) is 14.7. The number of hydrogen-bond donors (Lipinski definition) is 0. The second kappa shape index (κ2) is 5.97. The predicted molar refractivity (Wildman–Crippen MR) is 80.1 cm³/mol. The first-order chi connectivity index (χ1) is 9.62. The Morgan fingerprint density at radius 2 is 1.80 bits per heavy atom. The summed E-state index contributed by atoms with van der Waals surface area (Å²) < 4.78 is 10.6. The highest BCUT2D eigenvalue weighted by Gasteiger charge is 2.16. The van der Waals surface area contributed by atoms with Gasteiger partial charge in [0.2, 0.25) is 0 Å². The zero-order valence-corrected chi connectivity index (χ0v) is 12.3. The summed E-state index contributed by atoms with van der Waals surface area (Å²) in [7, 11) is 3.11. The molecule has 0 atom stereocenters. The maximum atomic E-state index is 10.9. The molecule has 0 unspecified atom stereocenters. The van der Waals surface area contributed by atoms with Gasteiger partial charge in [0, 0.05) is 11.1 Å². The first kappa shape index (κ1) is 14.4. The maximum Gasteiger partial charge on any atom is 0.150 e. The highest BCUT2D eigenvalue weighted by atomic mass is 35.5. The fraction of sp³-hybridized carbons (Fsp3) is 0.188. The normalized spacial score (nSPS) is 10.2. The molecule has 0 amide bonds. The second-order valence-electron chi connectivity index (χ2n) is 4.35. The third kappa shape index (κ3) is 2.49. The molecule has 2 aromatic carbocycles. The average molecular weight is 291 g/mol. The van der Waals surface area contributed by atoms with E-state index in [0.717, 1.165) is 23.0 Å². The van der Waals surface area contributed by atoms with E-state index >= 15 is 0 Å². The summed E-state index contributed by atoms with van der Waals surface area (Å²) >= 11 is 6.27. The van der Waals surface area contributed by atoms with E-state index in [2.05, 4.69) is 0 Å². The number of methoxy groups -OCH3 is 2. The lowest BCUT2D eigenvalue weighted by atomic mass is 9.97. The lowest BCUT2D eigenvalue weighted by Gasteiger charge is -2.15. The van der Waals surface area contributed by atoms with Crippen molar-refractivity contribution in [1.82, 2.24) is 0 Å². The summed E-state index contributed by atoms with van der Waals surface area (Å²) in [5.41, 5.74) is 3.39. The third-order valence-corrected chi connectivity index (χ3v) is 3.53. The number of ether oxygens (including phenoxy) is 2. The summed E-state index contributed by atoms with van der Waals surface area (Å²) in [4.78, 5) is 10.9. The van der Waals surface area contributed by atoms with Crippen LogP contribution in [0.5, 0.6) is 11.5 Å². The van der Waals surface area contributed by atoms with Gasteiger partial charge in [0.1, 0.15) is 22.8 Å². The number of carbonyl (C=O) groups is 1. The molecular weight excluding hydrogens is 276 g/mol. The largest absolute Gasteiger partial charge is 0.495 e. The van der Waals surface area contributed by atoms with E-state index < -0.39 is 0 Å². The molecule has 0 fully saturated rings. The highest BCUT2D eigenvalue weighted by molar-refractivity contribution is 6.34. The Hall–Kier alpha value is -2.00. The number of hydrogen-bond acceptors (Lipinski definition) is 3. The van der Waals surface area contributed by atoms with Crippen molar-refractivity contribution in [2.75, 3.05) is 14.2 Å². The average Bonchev–Trinajstić information content (AvgIpc) is 2.47. The molecule has 2 aromatic rings. The number of benzene rings is 2. The Kier molecular flexibility index (Phi) is 4.30.